The average molecular weight is 344 g/mol. The van der Waals surface area contributed by atoms with Gasteiger partial charge >= 0.3 is 6.03 Å². The lowest BCUT2D eigenvalue weighted by Crippen LogP contribution is -2.22. The van der Waals surface area contributed by atoms with E-state index in [-0.39, 0.29) is 5.70 Å². The van der Waals surface area contributed by atoms with Gasteiger partial charge in [0.05, 0.1) is 10.7 Å². The SMILES string of the molecule is COc1ccc(C=C2NC(=O)NC2=O)cc1I. The second-order valence-corrected chi connectivity index (χ2v) is 4.52. The zero-order valence-corrected chi connectivity index (χ0v) is 11.1. The molecule has 5 nitrogen and oxygen atoms in total. The largest absolute Gasteiger partial charge is 0.496 e. The molecule has 88 valence electrons. The molecular weight excluding hydrogens is 335 g/mol. The Morgan fingerprint density at radius 1 is 1.29 bits per heavy atom. The maximum absolute atomic E-state index is 11.3. The molecule has 0 saturated carbocycles. The molecule has 2 rings (SSSR count). The smallest absolute Gasteiger partial charge is 0.326 e. The number of hydrogen-bond donors (Lipinski definition) is 2. The summed E-state index contributed by atoms with van der Waals surface area (Å²) in [6, 6.07) is 4.99. The summed E-state index contributed by atoms with van der Waals surface area (Å²) in [4.78, 5) is 22.2. The van der Waals surface area contributed by atoms with Gasteiger partial charge in [-0.2, -0.15) is 0 Å². The van der Waals surface area contributed by atoms with Crippen molar-refractivity contribution in [2.75, 3.05) is 7.11 Å². The summed E-state index contributed by atoms with van der Waals surface area (Å²) < 4.78 is 6.07. The molecule has 1 saturated heterocycles. The number of hydrogen-bond acceptors (Lipinski definition) is 3. The maximum Gasteiger partial charge on any atom is 0.326 e. The van der Waals surface area contributed by atoms with E-state index in [9.17, 15) is 9.59 Å². The fourth-order valence-corrected chi connectivity index (χ4v) is 2.18. The van der Waals surface area contributed by atoms with Gasteiger partial charge < -0.3 is 10.1 Å². The molecule has 0 radical (unpaired) electrons. The number of carbonyl (C=O) groups excluding carboxylic acids is 2. The zero-order chi connectivity index (χ0) is 12.4. The van der Waals surface area contributed by atoms with E-state index in [1.54, 1.807) is 13.2 Å². The Kier molecular flexibility index (Phi) is 3.32. The minimum atomic E-state index is -0.496. The molecule has 6 heteroatoms. The van der Waals surface area contributed by atoms with E-state index in [4.69, 9.17) is 4.74 Å². The first-order valence-electron chi connectivity index (χ1n) is 4.77. The highest BCUT2D eigenvalue weighted by Crippen LogP contribution is 2.22. The van der Waals surface area contributed by atoms with Crippen molar-refractivity contribution < 1.29 is 14.3 Å². The Bertz CT molecular complexity index is 525. The van der Waals surface area contributed by atoms with Gasteiger partial charge in [-0.15, -0.1) is 0 Å². The van der Waals surface area contributed by atoms with Crippen molar-refractivity contribution in [2.45, 2.75) is 0 Å². The topological polar surface area (TPSA) is 67.4 Å². The summed E-state index contributed by atoms with van der Waals surface area (Å²) in [6.07, 6.45) is 1.61. The summed E-state index contributed by atoms with van der Waals surface area (Å²) in [5.41, 5.74) is 1.07. The molecule has 1 fully saturated rings. The number of amides is 3. The molecule has 0 atom stereocenters. The Morgan fingerprint density at radius 2 is 2.06 bits per heavy atom. The summed E-state index contributed by atoms with van der Waals surface area (Å²) in [7, 11) is 1.60. The lowest BCUT2D eigenvalue weighted by molar-refractivity contribution is -0.115. The molecule has 1 aliphatic rings. The minimum Gasteiger partial charge on any atom is -0.496 e. The Labute approximate surface area is 111 Å². The second kappa shape index (κ2) is 4.74. The zero-order valence-electron chi connectivity index (χ0n) is 8.91. The summed E-state index contributed by atoms with van der Waals surface area (Å²) >= 11 is 2.14. The van der Waals surface area contributed by atoms with Crippen LogP contribution in [0.3, 0.4) is 0 Å². The number of halogens is 1. The number of ether oxygens (including phenoxy) is 1. The van der Waals surface area contributed by atoms with Crippen LogP contribution >= 0.6 is 22.6 Å². The lowest BCUT2D eigenvalue weighted by Gasteiger charge is -2.03. The molecule has 0 unspecified atom stereocenters. The van der Waals surface area contributed by atoms with Gasteiger partial charge in [-0.3, -0.25) is 10.1 Å². The van der Waals surface area contributed by atoms with E-state index in [1.807, 2.05) is 18.2 Å². The van der Waals surface area contributed by atoms with Crippen molar-refractivity contribution in [2.24, 2.45) is 0 Å². The number of imide groups is 1. The molecule has 1 heterocycles. The van der Waals surface area contributed by atoms with Gasteiger partial charge in [-0.25, -0.2) is 4.79 Å². The molecule has 3 amide bonds. The predicted octanol–water partition coefficient (Wildman–Crippen LogP) is 1.48. The molecule has 1 aliphatic heterocycles. The van der Waals surface area contributed by atoms with Crippen LogP contribution in [-0.2, 0) is 4.79 Å². The Balaban J connectivity index is 2.30. The first kappa shape index (κ1) is 11.9. The van der Waals surface area contributed by atoms with E-state index < -0.39 is 11.9 Å². The van der Waals surface area contributed by atoms with Crippen LogP contribution in [0.1, 0.15) is 5.56 Å². The lowest BCUT2D eigenvalue weighted by atomic mass is 10.2. The van der Waals surface area contributed by atoms with Crippen molar-refractivity contribution in [3.8, 4) is 5.75 Å². The third-order valence-electron chi connectivity index (χ3n) is 2.21. The van der Waals surface area contributed by atoms with Crippen molar-refractivity contribution in [1.82, 2.24) is 10.6 Å². The molecule has 1 aromatic carbocycles. The van der Waals surface area contributed by atoms with Crippen molar-refractivity contribution in [3.63, 3.8) is 0 Å². The standard InChI is InChI=1S/C11H9IN2O3/c1-17-9-3-2-6(4-7(9)12)5-8-10(15)14-11(16)13-8/h2-5H,1H3,(H2,13,14,15,16). The van der Waals surface area contributed by atoms with Crippen LogP contribution in [-0.4, -0.2) is 19.0 Å². The van der Waals surface area contributed by atoms with Crippen LogP contribution in [0.4, 0.5) is 4.79 Å². The van der Waals surface area contributed by atoms with Crippen LogP contribution < -0.4 is 15.4 Å². The molecule has 0 bridgehead atoms. The van der Waals surface area contributed by atoms with Crippen LogP contribution in [0.25, 0.3) is 6.08 Å². The van der Waals surface area contributed by atoms with Crippen LogP contribution in [0.2, 0.25) is 0 Å². The molecule has 0 aliphatic carbocycles. The highest BCUT2D eigenvalue weighted by Gasteiger charge is 2.22. The van der Waals surface area contributed by atoms with E-state index in [0.717, 1.165) is 14.9 Å². The number of carbonyl (C=O) groups is 2. The minimum absolute atomic E-state index is 0.246. The van der Waals surface area contributed by atoms with Gasteiger partial charge in [0.2, 0.25) is 0 Å². The third kappa shape index (κ3) is 2.57. The number of rotatable bonds is 2. The fourth-order valence-electron chi connectivity index (χ4n) is 1.42. The molecule has 0 spiro atoms. The van der Waals surface area contributed by atoms with Crippen LogP contribution in [0.15, 0.2) is 23.9 Å². The second-order valence-electron chi connectivity index (χ2n) is 3.36. The molecule has 17 heavy (non-hydrogen) atoms. The number of benzene rings is 1. The van der Waals surface area contributed by atoms with Gasteiger partial charge in [0, 0.05) is 0 Å². The van der Waals surface area contributed by atoms with E-state index in [2.05, 4.69) is 33.2 Å². The van der Waals surface area contributed by atoms with Gasteiger partial charge in [-0.05, 0) is 46.4 Å². The molecule has 2 N–H and O–H groups in total. The van der Waals surface area contributed by atoms with E-state index in [1.165, 1.54) is 0 Å². The van der Waals surface area contributed by atoms with Crippen molar-refractivity contribution >= 4 is 40.6 Å². The summed E-state index contributed by atoms with van der Waals surface area (Å²) in [6.45, 7) is 0. The Morgan fingerprint density at radius 3 is 2.59 bits per heavy atom. The third-order valence-corrected chi connectivity index (χ3v) is 3.05. The van der Waals surface area contributed by atoms with Crippen molar-refractivity contribution in [1.29, 1.82) is 0 Å². The average Bonchev–Trinajstić information content (AvgIpc) is 2.58. The summed E-state index contributed by atoms with van der Waals surface area (Å²) in [5, 5.41) is 4.57. The van der Waals surface area contributed by atoms with E-state index >= 15 is 0 Å². The maximum atomic E-state index is 11.3. The summed E-state index contributed by atoms with van der Waals surface area (Å²) in [5.74, 6) is 0.355. The predicted molar refractivity (Wildman–Crippen MR) is 70.4 cm³/mol. The van der Waals surface area contributed by atoms with Gasteiger partial charge in [0.1, 0.15) is 11.4 Å². The molecule has 0 aromatic heterocycles. The normalized spacial score (nSPS) is 16.9. The van der Waals surface area contributed by atoms with Gasteiger partial charge in [-0.1, -0.05) is 6.07 Å². The number of nitrogens with one attached hydrogen (secondary N) is 2. The quantitative estimate of drug-likeness (QED) is 0.485. The highest BCUT2D eigenvalue weighted by molar-refractivity contribution is 14.1. The fraction of sp³-hybridized carbons (Fsp3) is 0.0909. The van der Waals surface area contributed by atoms with Crippen molar-refractivity contribution in [3.05, 3.63) is 33.0 Å². The number of methoxy groups -OCH3 is 1. The van der Waals surface area contributed by atoms with Crippen LogP contribution in [0.5, 0.6) is 5.75 Å². The Hall–Kier alpha value is -1.57. The van der Waals surface area contributed by atoms with Crippen LogP contribution in [0, 0.1) is 3.57 Å². The van der Waals surface area contributed by atoms with Gasteiger partial charge in [0.15, 0.2) is 0 Å². The van der Waals surface area contributed by atoms with E-state index in [0.29, 0.717) is 0 Å². The van der Waals surface area contributed by atoms with Gasteiger partial charge in [0.25, 0.3) is 5.91 Å². The number of urea groups is 1. The first-order valence-corrected chi connectivity index (χ1v) is 5.85. The first-order chi connectivity index (χ1) is 8.10. The highest BCUT2D eigenvalue weighted by atomic mass is 127. The molecular formula is C11H9IN2O3. The monoisotopic (exact) mass is 344 g/mol. The molecule has 1 aromatic rings.